The monoisotopic (exact) mass is 661 g/mol. The first kappa shape index (κ1) is 34.6. The predicted molar refractivity (Wildman–Crippen MR) is 187 cm³/mol. The number of carbonyl (C=O) groups excluding carboxylic acids is 3. The van der Waals surface area contributed by atoms with Gasteiger partial charge in [0.25, 0.3) is 5.91 Å². The number of anilines is 2. The topological polar surface area (TPSA) is 99.6 Å². The van der Waals surface area contributed by atoms with Gasteiger partial charge in [0.1, 0.15) is 17.5 Å². The summed E-state index contributed by atoms with van der Waals surface area (Å²) in [5.41, 5.74) is 1.35. The number of aliphatic hydroxyl groups excluding tert-OH is 1. The van der Waals surface area contributed by atoms with Gasteiger partial charge in [-0.25, -0.2) is 0 Å². The lowest BCUT2D eigenvalue weighted by molar-refractivity contribution is -0.143. The highest BCUT2D eigenvalue weighted by Crippen LogP contribution is 2.67. The van der Waals surface area contributed by atoms with Crippen molar-refractivity contribution in [3.8, 4) is 11.5 Å². The van der Waals surface area contributed by atoms with Crippen molar-refractivity contribution >= 4 is 40.9 Å². The smallest absolute Gasteiger partial charge is 0.251 e. The summed E-state index contributed by atoms with van der Waals surface area (Å²) < 4.78 is 10.1. The standard InChI is InChI=1S/C37H47N3O6S/c1-7-21-38(25-13-17-28(18-14-25)46-10-4)34(42)31-30-19-20-37(47-30)32(31)35(43)40(29(23-41)24(5)9-3)33(37)36(44)39(22-8-2)26-11-15-27(45-6)16-12-26/h7-8,11-18,24,29-33,41H,1-2,9-10,19-23H2,3-6H3/t24-,29-,30-,31+,32-,33?,37?/m0/s1. The molecule has 1 N–H and O–H groups in total. The second-order valence-corrected chi connectivity index (χ2v) is 14.1. The van der Waals surface area contributed by atoms with Crippen molar-refractivity contribution in [3.63, 3.8) is 0 Å². The summed E-state index contributed by atoms with van der Waals surface area (Å²) in [4.78, 5) is 49.5. The highest BCUT2D eigenvalue weighted by atomic mass is 32.2. The molecule has 2 aromatic carbocycles. The Balaban J connectivity index is 1.58. The molecule has 2 bridgehead atoms. The number of amides is 3. The zero-order valence-corrected chi connectivity index (χ0v) is 28.7. The van der Waals surface area contributed by atoms with Crippen LogP contribution < -0.4 is 19.3 Å². The predicted octanol–water partition coefficient (Wildman–Crippen LogP) is 5.33. The number of benzene rings is 2. The van der Waals surface area contributed by atoms with E-state index in [0.717, 1.165) is 0 Å². The van der Waals surface area contributed by atoms with Crippen molar-refractivity contribution in [1.82, 2.24) is 4.90 Å². The van der Waals surface area contributed by atoms with Crippen LogP contribution in [0.2, 0.25) is 0 Å². The molecule has 3 heterocycles. The zero-order valence-electron chi connectivity index (χ0n) is 27.8. The van der Waals surface area contributed by atoms with Gasteiger partial charge in [0, 0.05) is 29.7 Å². The fraction of sp³-hybridized carbons (Fsp3) is 0.486. The van der Waals surface area contributed by atoms with Crippen molar-refractivity contribution in [2.24, 2.45) is 17.8 Å². The summed E-state index contributed by atoms with van der Waals surface area (Å²) in [6, 6.07) is 13.2. The lowest BCUT2D eigenvalue weighted by Gasteiger charge is -2.41. The van der Waals surface area contributed by atoms with Crippen LogP contribution in [0.25, 0.3) is 0 Å². The van der Waals surface area contributed by atoms with Crippen LogP contribution in [-0.4, -0.2) is 83.2 Å². The maximum Gasteiger partial charge on any atom is 0.251 e. The first-order valence-corrected chi connectivity index (χ1v) is 17.4. The summed E-state index contributed by atoms with van der Waals surface area (Å²) in [5, 5.41) is 10.6. The minimum absolute atomic E-state index is 0.0687. The van der Waals surface area contributed by atoms with Crippen LogP contribution in [0.1, 0.15) is 40.0 Å². The van der Waals surface area contributed by atoms with Gasteiger partial charge >= 0.3 is 0 Å². The average molecular weight is 662 g/mol. The van der Waals surface area contributed by atoms with E-state index in [1.165, 1.54) is 0 Å². The Kier molecular flexibility index (Phi) is 10.7. The lowest BCUT2D eigenvalue weighted by Crippen LogP contribution is -2.58. The number of carbonyl (C=O) groups is 3. The molecule has 0 aliphatic carbocycles. The number of thioether (sulfide) groups is 1. The summed E-state index contributed by atoms with van der Waals surface area (Å²) in [6.07, 6.45) is 5.41. The third-order valence-corrected chi connectivity index (χ3v) is 12.1. The molecular weight excluding hydrogens is 614 g/mol. The van der Waals surface area contributed by atoms with Crippen LogP contribution >= 0.6 is 11.8 Å². The molecule has 3 aliphatic rings. The van der Waals surface area contributed by atoms with Gasteiger partial charge in [-0.3, -0.25) is 14.4 Å². The Bertz CT molecular complexity index is 1470. The van der Waals surface area contributed by atoms with E-state index in [2.05, 4.69) is 13.2 Å². The minimum atomic E-state index is -0.862. The molecule has 2 unspecified atom stereocenters. The van der Waals surface area contributed by atoms with Crippen LogP contribution in [-0.2, 0) is 14.4 Å². The molecular formula is C37H47N3O6S. The summed E-state index contributed by atoms with van der Waals surface area (Å²) in [6.45, 7) is 14.5. The average Bonchev–Trinajstić information content (AvgIpc) is 3.74. The number of ether oxygens (including phenoxy) is 2. The number of methoxy groups -OCH3 is 1. The van der Waals surface area contributed by atoms with Crippen LogP contribution in [0.5, 0.6) is 11.5 Å². The van der Waals surface area contributed by atoms with E-state index in [9.17, 15) is 19.5 Å². The van der Waals surface area contributed by atoms with Gasteiger partial charge in [0.2, 0.25) is 11.8 Å². The van der Waals surface area contributed by atoms with E-state index in [-0.39, 0.29) is 48.6 Å². The van der Waals surface area contributed by atoms with E-state index in [1.54, 1.807) is 57.9 Å². The number of hydrogen-bond donors (Lipinski definition) is 1. The number of aliphatic hydroxyl groups is 1. The normalized spacial score (nSPS) is 25.6. The van der Waals surface area contributed by atoms with Crippen molar-refractivity contribution < 1.29 is 29.0 Å². The molecule has 1 spiro atoms. The Morgan fingerprint density at radius 3 is 2.11 bits per heavy atom. The SMILES string of the molecule is C=CCN(C(=O)C1N([C@@H](CO)[C@@H](C)CC)C(=O)[C@@H]2[C@H](C(=O)N(CC=C)c3ccc(OCC)cc3)[C@@H]3CCC12S3)c1ccc(OC)cc1. The molecule has 0 aromatic heterocycles. The molecule has 9 nitrogen and oxygen atoms in total. The highest BCUT2D eigenvalue weighted by molar-refractivity contribution is 8.02. The van der Waals surface area contributed by atoms with Gasteiger partial charge in [0.15, 0.2) is 0 Å². The number of fused-ring (bicyclic) bond motifs is 1. The number of hydrogen-bond acceptors (Lipinski definition) is 7. The van der Waals surface area contributed by atoms with Gasteiger partial charge in [-0.1, -0.05) is 32.4 Å². The Morgan fingerprint density at radius 1 is 1.02 bits per heavy atom. The maximum atomic E-state index is 15.0. The quantitative estimate of drug-likeness (QED) is 0.258. The molecule has 5 rings (SSSR count). The Hall–Kier alpha value is -3.76. The first-order valence-electron chi connectivity index (χ1n) is 16.5. The summed E-state index contributed by atoms with van der Waals surface area (Å²) in [5.74, 6) is -0.641. The third kappa shape index (κ3) is 6.06. The van der Waals surface area contributed by atoms with Crippen LogP contribution in [0.3, 0.4) is 0 Å². The van der Waals surface area contributed by atoms with Gasteiger partial charge in [-0.2, -0.15) is 0 Å². The molecule has 3 fully saturated rings. The van der Waals surface area contributed by atoms with Gasteiger partial charge in [-0.15, -0.1) is 24.9 Å². The van der Waals surface area contributed by atoms with Crippen molar-refractivity contribution in [2.75, 3.05) is 43.2 Å². The molecule has 2 aromatic rings. The molecule has 0 saturated carbocycles. The fourth-order valence-corrected chi connectivity index (χ4v) is 9.90. The van der Waals surface area contributed by atoms with Crippen LogP contribution in [0, 0.1) is 17.8 Å². The van der Waals surface area contributed by atoms with Gasteiger partial charge in [-0.05, 0) is 74.2 Å². The molecule has 3 amide bonds. The van der Waals surface area contributed by atoms with Crippen molar-refractivity contribution in [3.05, 3.63) is 73.8 Å². The van der Waals surface area contributed by atoms with Crippen LogP contribution in [0.4, 0.5) is 11.4 Å². The molecule has 3 aliphatic heterocycles. The van der Waals surface area contributed by atoms with E-state index >= 15 is 0 Å². The van der Waals surface area contributed by atoms with Gasteiger partial charge in [0.05, 0.1) is 42.9 Å². The summed E-state index contributed by atoms with van der Waals surface area (Å²) in [7, 11) is 1.59. The number of nitrogens with zero attached hydrogens (tertiary/aromatic N) is 3. The van der Waals surface area contributed by atoms with E-state index < -0.39 is 28.7 Å². The maximum absolute atomic E-state index is 15.0. The second kappa shape index (κ2) is 14.6. The minimum Gasteiger partial charge on any atom is -0.497 e. The van der Waals surface area contributed by atoms with Crippen LogP contribution in [0.15, 0.2) is 73.8 Å². The summed E-state index contributed by atoms with van der Waals surface area (Å²) >= 11 is 1.62. The molecule has 7 atom stereocenters. The largest absolute Gasteiger partial charge is 0.497 e. The molecule has 0 radical (unpaired) electrons. The van der Waals surface area contributed by atoms with E-state index in [1.807, 2.05) is 57.2 Å². The fourth-order valence-electron chi connectivity index (χ4n) is 7.71. The highest BCUT2D eigenvalue weighted by Gasteiger charge is 2.75. The molecule has 47 heavy (non-hydrogen) atoms. The second-order valence-electron chi connectivity index (χ2n) is 12.5. The van der Waals surface area contributed by atoms with Gasteiger partial charge < -0.3 is 29.3 Å². The van der Waals surface area contributed by atoms with E-state index in [0.29, 0.717) is 48.7 Å². The molecule has 10 heteroatoms. The Labute approximate surface area is 282 Å². The molecule has 252 valence electrons. The van der Waals surface area contributed by atoms with Crippen molar-refractivity contribution in [2.45, 2.75) is 62.1 Å². The van der Waals surface area contributed by atoms with Crippen molar-refractivity contribution in [1.29, 1.82) is 0 Å². The third-order valence-electron chi connectivity index (χ3n) is 10.1. The zero-order chi connectivity index (χ0) is 33.9. The number of likely N-dealkylation sites (tertiary alicyclic amines) is 1. The molecule has 3 saturated heterocycles. The first-order chi connectivity index (χ1) is 22.7. The number of rotatable bonds is 15. The lowest BCUT2D eigenvalue weighted by atomic mass is 9.70. The Morgan fingerprint density at radius 2 is 1.60 bits per heavy atom. The van der Waals surface area contributed by atoms with E-state index in [4.69, 9.17) is 9.47 Å².